The predicted octanol–water partition coefficient (Wildman–Crippen LogP) is 3.06. The number of para-hydroxylation sites is 2. The van der Waals surface area contributed by atoms with E-state index in [2.05, 4.69) is 15.2 Å². The molecular weight excluding hydrogens is 354 g/mol. The van der Waals surface area contributed by atoms with Crippen LogP contribution in [0.3, 0.4) is 0 Å². The van der Waals surface area contributed by atoms with Gasteiger partial charge in [-0.1, -0.05) is 36.4 Å². The van der Waals surface area contributed by atoms with Crippen molar-refractivity contribution < 1.29 is 14.3 Å². The van der Waals surface area contributed by atoms with Gasteiger partial charge in [0.1, 0.15) is 0 Å². The maximum atomic E-state index is 12.7. The van der Waals surface area contributed by atoms with Crippen molar-refractivity contribution in [1.82, 2.24) is 10.3 Å². The molecule has 2 aromatic carbocycles. The quantitative estimate of drug-likeness (QED) is 0.529. The van der Waals surface area contributed by atoms with Crippen LogP contribution < -0.4 is 10.2 Å². The molecule has 1 unspecified atom stereocenters. The SMILES string of the molecule is CC(NC(=O)C(=O)c1c[nH]c2ccccc12)c1ccccc1N1CCOCC1. The molecular formula is C22H23N3O3. The smallest absolute Gasteiger partial charge is 0.292 e. The largest absolute Gasteiger partial charge is 0.378 e. The molecule has 1 atom stereocenters. The van der Waals surface area contributed by atoms with Gasteiger partial charge < -0.3 is 19.9 Å². The number of aromatic amines is 1. The van der Waals surface area contributed by atoms with Gasteiger partial charge in [-0.15, -0.1) is 0 Å². The highest BCUT2D eigenvalue weighted by atomic mass is 16.5. The zero-order valence-electron chi connectivity index (χ0n) is 15.8. The van der Waals surface area contributed by atoms with E-state index in [4.69, 9.17) is 4.74 Å². The fraction of sp³-hybridized carbons (Fsp3) is 0.273. The van der Waals surface area contributed by atoms with Crippen molar-refractivity contribution in [3.05, 3.63) is 65.9 Å². The van der Waals surface area contributed by atoms with Crippen molar-refractivity contribution in [1.29, 1.82) is 0 Å². The minimum atomic E-state index is -0.603. The van der Waals surface area contributed by atoms with Crippen molar-refractivity contribution in [3.8, 4) is 0 Å². The number of H-pyrrole nitrogens is 1. The second kappa shape index (κ2) is 7.86. The van der Waals surface area contributed by atoms with Gasteiger partial charge in [0.15, 0.2) is 0 Å². The number of carbonyl (C=O) groups is 2. The fourth-order valence-electron chi connectivity index (χ4n) is 3.67. The molecule has 2 N–H and O–H groups in total. The zero-order valence-corrected chi connectivity index (χ0v) is 15.8. The van der Waals surface area contributed by atoms with Crippen LogP contribution in [0.15, 0.2) is 54.7 Å². The molecule has 1 aromatic heterocycles. The molecule has 6 nitrogen and oxygen atoms in total. The van der Waals surface area contributed by atoms with Gasteiger partial charge in [-0.05, 0) is 24.6 Å². The molecule has 1 saturated heterocycles. The minimum absolute atomic E-state index is 0.291. The minimum Gasteiger partial charge on any atom is -0.378 e. The molecule has 2 heterocycles. The standard InChI is InChI=1S/C22H23N3O3/c1-15(16-6-3-5-9-20(16)25-10-12-28-13-11-25)24-22(27)21(26)18-14-23-19-8-4-2-7-17(18)19/h2-9,14-15,23H,10-13H2,1H3,(H,24,27). The lowest BCUT2D eigenvalue weighted by Crippen LogP contribution is -2.38. The Bertz CT molecular complexity index is 1000. The Labute approximate surface area is 163 Å². The van der Waals surface area contributed by atoms with Crippen molar-refractivity contribution in [2.75, 3.05) is 31.2 Å². The Kier molecular flexibility index (Phi) is 5.12. The van der Waals surface area contributed by atoms with Crippen LogP contribution in [-0.2, 0) is 9.53 Å². The molecule has 0 saturated carbocycles. The number of ketones is 1. The number of ether oxygens (including phenoxy) is 1. The molecule has 6 heteroatoms. The van der Waals surface area contributed by atoms with Gasteiger partial charge in [0.05, 0.1) is 24.8 Å². The van der Waals surface area contributed by atoms with E-state index in [1.165, 1.54) is 0 Å². The molecule has 1 aliphatic heterocycles. The van der Waals surface area contributed by atoms with Crippen LogP contribution in [0.25, 0.3) is 10.9 Å². The Morgan fingerprint density at radius 1 is 1.07 bits per heavy atom. The summed E-state index contributed by atoms with van der Waals surface area (Å²) in [6.07, 6.45) is 1.60. The highest BCUT2D eigenvalue weighted by molar-refractivity contribution is 6.45. The number of fused-ring (bicyclic) bond motifs is 1. The van der Waals surface area contributed by atoms with Crippen LogP contribution in [0.4, 0.5) is 5.69 Å². The van der Waals surface area contributed by atoms with Crippen LogP contribution in [-0.4, -0.2) is 43.0 Å². The molecule has 0 spiro atoms. The van der Waals surface area contributed by atoms with E-state index in [0.717, 1.165) is 35.2 Å². The number of Topliss-reactive ketones (excluding diaryl/α,β-unsaturated/α-hetero) is 1. The molecule has 1 amide bonds. The third-order valence-corrected chi connectivity index (χ3v) is 5.14. The van der Waals surface area contributed by atoms with Gasteiger partial charge >= 0.3 is 0 Å². The topological polar surface area (TPSA) is 74.4 Å². The lowest BCUT2D eigenvalue weighted by Gasteiger charge is -2.32. The maximum Gasteiger partial charge on any atom is 0.292 e. The average molecular weight is 377 g/mol. The van der Waals surface area contributed by atoms with Gasteiger partial charge in [0.25, 0.3) is 11.7 Å². The van der Waals surface area contributed by atoms with Crippen LogP contribution in [0.5, 0.6) is 0 Å². The zero-order chi connectivity index (χ0) is 19.5. The number of carbonyl (C=O) groups excluding carboxylic acids is 2. The van der Waals surface area contributed by atoms with Crippen LogP contribution in [0.2, 0.25) is 0 Å². The van der Waals surface area contributed by atoms with Gasteiger partial charge in [-0.2, -0.15) is 0 Å². The van der Waals surface area contributed by atoms with E-state index < -0.39 is 11.7 Å². The van der Waals surface area contributed by atoms with Crippen molar-refractivity contribution in [2.24, 2.45) is 0 Å². The summed E-state index contributed by atoms with van der Waals surface area (Å²) in [7, 11) is 0. The van der Waals surface area contributed by atoms with Gasteiger partial charge in [0.2, 0.25) is 0 Å². The van der Waals surface area contributed by atoms with E-state index >= 15 is 0 Å². The number of amides is 1. The Morgan fingerprint density at radius 2 is 1.79 bits per heavy atom. The highest BCUT2D eigenvalue weighted by Crippen LogP contribution is 2.27. The van der Waals surface area contributed by atoms with E-state index in [1.54, 1.807) is 6.20 Å². The number of morpholine rings is 1. The monoisotopic (exact) mass is 377 g/mol. The first-order chi connectivity index (χ1) is 13.6. The summed E-state index contributed by atoms with van der Waals surface area (Å²) in [5, 5.41) is 3.62. The van der Waals surface area contributed by atoms with Crippen LogP contribution >= 0.6 is 0 Å². The second-order valence-electron chi connectivity index (χ2n) is 6.93. The Hall–Kier alpha value is -3.12. The number of nitrogens with one attached hydrogen (secondary N) is 2. The third kappa shape index (κ3) is 3.51. The molecule has 0 bridgehead atoms. The van der Waals surface area contributed by atoms with Gasteiger partial charge in [-0.25, -0.2) is 0 Å². The summed E-state index contributed by atoms with van der Waals surface area (Å²) in [5.74, 6) is -1.14. The van der Waals surface area contributed by atoms with Crippen LogP contribution in [0, 0.1) is 0 Å². The summed E-state index contributed by atoms with van der Waals surface area (Å²) in [6, 6.07) is 15.1. The molecule has 1 aliphatic rings. The Balaban J connectivity index is 1.53. The first-order valence-electron chi connectivity index (χ1n) is 9.48. The van der Waals surface area contributed by atoms with Crippen molar-refractivity contribution in [3.63, 3.8) is 0 Å². The average Bonchev–Trinajstić information content (AvgIpc) is 3.18. The number of hydrogen-bond donors (Lipinski definition) is 2. The number of aromatic nitrogens is 1. The summed E-state index contributed by atoms with van der Waals surface area (Å²) in [4.78, 5) is 30.7. The van der Waals surface area contributed by atoms with Gasteiger partial charge in [0, 0.05) is 35.9 Å². The number of benzene rings is 2. The maximum absolute atomic E-state index is 12.7. The fourth-order valence-corrected chi connectivity index (χ4v) is 3.67. The highest BCUT2D eigenvalue weighted by Gasteiger charge is 2.24. The summed E-state index contributed by atoms with van der Waals surface area (Å²) in [6.45, 7) is 4.90. The van der Waals surface area contributed by atoms with E-state index in [-0.39, 0.29) is 6.04 Å². The molecule has 144 valence electrons. The normalized spacial score (nSPS) is 15.4. The van der Waals surface area contributed by atoms with Crippen LogP contribution in [0.1, 0.15) is 28.9 Å². The molecule has 4 rings (SSSR count). The van der Waals surface area contributed by atoms with Crippen molar-refractivity contribution >= 4 is 28.3 Å². The molecule has 3 aromatic rings. The third-order valence-electron chi connectivity index (χ3n) is 5.14. The number of hydrogen-bond acceptors (Lipinski definition) is 4. The first kappa shape index (κ1) is 18.3. The summed E-state index contributed by atoms with van der Waals surface area (Å²) < 4.78 is 5.44. The molecule has 28 heavy (non-hydrogen) atoms. The molecule has 0 radical (unpaired) electrons. The van der Waals surface area contributed by atoms with Gasteiger partial charge in [-0.3, -0.25) is 9.59 Å². The first-order valence-corrected chi connectivity index (χ1v) is 9.48. The lowest BCUT2D eigenvalue weighted by atomic mass is 10.0. The number of rotatable bonds is 5. The number of nitrogens with zero attached hydrogens (tertiary/aromatic N) is 1. The summed E-state index contributed by atoms with van der Waals surface area (Å²) >= 11 is 0. The summed E-state index contributed by atoms with van der Waals surface area (Å²) in [5.41, 5.74) is 3.29. The second-order valence-corrected chi connectivity index (χ2v) is 6.93. The Morgan fingerprint density at radius 3 is 2.61 bits per heavy atom. The predicted molar refractivity (Wildman–Crippen MR) is 109 cm³/mol. The molecule has 0 aliphatic carbocycles. The lowest BCUT2D eigenvalue weighted by molar-refractivity contribution is -0.117. The number of anilines is 1. The van der Waals surface area contributed by atoms with E-state index in [9.17, 15) is 9.59 Å². The molecule has 1 fully saturated rings. The van der Waals surface area contributed by atoms with Crippen molar-refractivity contribution in [2.45, 2.75) is 13.0 Å². The van der Waals surface area contributed by atoms with E-state index in [0.29, 0.717) is 18.8 Å². The van der Waals surface area contributed by atoms with E-state index in [1.807, 2.05) is 55.5 Å².